The molecular weight excluding hydrogens is 293 g/mol. The Morgan fingerprint density at radius 2 is 2.21 bits per heavy atom. The van der Waals surface area contributed by atoms with Crippen molar-refractivity contribution in [3.63, 3.8) is 0 Å². The molecule has 1 aromatic carbocycles. The van der Waals surface area contributed by atoms with E-state index in [-0.39, 0.29) is 5.78 Å². The second-order valence-electron chi connectivity index (χ2n) is 2.86. The molecular formula is C10H12INO2. The summed E-state index contributed by atoms with van der Waals surface area (Å²) in [6, 6.07) is 3.45. The van der Waals surface area contributed by atoms with Gasteiger partial charge in [0.05, 0.1) is 12.3 Å². The molecule has 1 aromatic rings. The van der Waals surface area contributed by atoms with Gasteiger partial charge in [0.25, 0.3) is 0 Å². The lowest BCUT2D eigenvalue weighted by Crippen LogP contribution is -2.02. The number of benzene rings is 1. The normalized spacial score (nSPS) is 9.93. The topological polar surface area (TPSA) is 52.3 Å². The predicted molar refractivity (Wildman–Crippen MR) is 64.7 cm³/mol. The number of carbonyl (C=O) groups is 1. The third-order valence-corrected chi connectivity index (χ3v) is 2.67. The lowest BCUT2D eigenvalue weighted by atomic mass is 10.1. The van der Waals surface area contributed by atoms with Crippen molar-refractivity contribution in [3.05, 3.63) is 21.3 Å². The van der Waals surface area contributed by atoms with E-state index in [1.165, 1.54) is 6.92 Å². The molecule has 0 spiro atoms. The molecule has 0 saturated heterocycles. The lowest BCUT2D eigenvalue weighted by Gasteiger charge is -2.09. The van der Waals surface area contributed by atoms with Gasteiger partial charge in [-0.1, -0.05) is 0 Å². The summed E-state index contributed by atoms with van der Waals surface area (Å²) in [5.41, 5.74) is 6.89. The smallest absolute Gasteiger partial charge is 0.160 e. The number of halogens is 1. The van der Waals surface area contributed by atoms with E-state index in [9.17, 15) is 4.79 Å². The van der Waals surface area contributed by atoms with E-state index in [0.29, 0.717) is 23.6 Å². The fourth-order valence-electron chi connectivity index (χ4n) is 1.12. The first-order valence-corrected chi connectivity index (χ1v) is 5.37. The van der Waals surface area contributed by atoms with Gasteiger partial charge in [-0.25, -0.2) is 0 Å². The van der Waals surface area contributed by atoms with E-state index in [4.69, 9.17) is 10.5 Å². The summed E-state index contributed by atoms with van der Waals surface area (Å²) in [5, 5.41) is 0. The van der Waals surface area contributed by atoms with Crippen molar-refractivity contribution in [2.24, 2.45) is 0 Å². The minimum Gasteiger partial charge on any atom is -0.492 e. The summed E-state index contributed by atoms with van der Waals surface area (Å²) >= 11 is 2.10. The third-order valence-electron chi connectivity index (χ3n) is 1.78. The van der Waals surface area contributed by atoms with Gasteiger partial charge in [0.2, 0.25) is 0 Å². The Morgan fingerprint density at radius 1 is 1.57 bits per heavy atom. The van der Waals surface area contributed by atoms with Crippen LogP contribution >= 0.6 is 22.6 Å². The van der Waals surface area contributed by atoms with Gasteiger partial charge in [-0.15, -0.1) is 0 Å². The lowest BCUT2D eigenvalue weighted by molar-refractivity contribution is 0.101. The van der Waals surface area contributed by atoms with Crippen molar-refractivity contribution in [1.82, 2.24) is 0 Å². The van der Waals surface area contributed by atoms with Crippen LogP contribution in [0.15, 0.2) is 12.1 Å². The summed E-state index contributed by atoms with van der Waals surface area (Å²) < 4.78 is 6.18. The van der Waals surface area contributed by atoms with Crippen LogP contribution in [0.5, 0.6) is 5.75 Å². The van der Waals surface area contributed by atoms with Gasteiger partial charge in [0.15, 0.2) is 5.78 Å². The van der Waals surface area contributed by atoms with Gasteiger partial charge in [-0.3, -0.25) is 4.79 Å². The van der Waals surface area contributed by atoms with Gasteiger partial charge in [0, 0.05) is 9.13 Å². The van der Waals surface area contributed by atoms with Crippen molar-refractivity contribution in [2.75, 3.05) is 12.3 Å². The Hall–Kier alpha value is -0.780. The molecule has 0 bridgehead atoms. The fourth-order valence-corrected chi connectivity index (χ4v) is 1.94. The Kier molecular flexibility index (Phi) is 3.74. The largest absolute Gasteiger partial charge is 0.492 e. The Labute approximate surface area is 96.8 Å². The highest BCUT2D eigenvalue weighted by Crippen LogP contribution is 2.27. The summed E-state index contributed by atoms with van der Waals surface area (Å²) in [7, 11) is 0. The molecule has 0 heterocycles. The maximum absolute atomic E-state index is 11.2. The Bertz CT molecular complexity index is 363. The summed E-state index contributed by atoms with van der Waals surface area (Å²) in [6.45, 7) is 3.99. The second-order valence-corrected chi connectivity index (χ2v) is 4.02. The average molecular weight is 305 g/mol. The molecule has 0 saturated carbocycles. The summed E-state index contributed by atoms with van der Waals surface area (Å²) in [5.74, 6) is 0.658. The van der Waals surface area contributed by atoms with Crippen LogP contribution < -0.4 is 10.5 Å². The zero-order valence-corrected chi connectivity index (χ0v) is 10.3. The van der Waals surface area contributed by atoms with E-state index >= 15 is 0 Å². The van der Waals surface area contributed by atoms with Gasteiger partial charge >= 0.3 is 0 Å². The molecule has 0 amide bonds. The summed E-state index contributed by atoms with van der Waals surface area (Å²) in [6.07, 6.45) is 0. The average Bonchev–Trinajstić information content (AvgIpc) is 2.10. The highest BCUT2D eigenvalue weighted by atomic mass is 127. The predicted octanol–water partition coefficient (Wildman–Crippen LogP) is 2.47. The van der Waals surface area contributed by atoms with Crippen molar-refractivity contribution in [2.45, 2.75) is 13.8 Å². The second kappa shape index (κ2) is 4.63. The zero-order valence-electron chi connectivity index (χ0n) is 8.13. The zero-order chi connectivity index (χ0) is 10.7. The van der Waals surface area contributed by atoms with Gasteiger partial charge in [-0.2, -0.15) is 0 Å². The number of nitrogens with two attached hydrogens (primary N) is 1. The van der Waals surface area contributed by atoms with Crippen LogP contribution in [0.25, 0.3) is 0 Å². The summed E-state index contributed by atoms with van der Waals surface area (Å²) in [4.78, 5) is 11.2. The molecule has 14 heavy (non-hydrogen) atoms. The maximum Gasteiger partial charge on any atom is 0.160 e. The van der Waals surface area contributed by atoms with Crippen LogP contribution in [-0.2, 0) is 0 Å². The fraction of sp³-hybridized carbons (Fsp3) is 0.300. The highest BCUT2D eigenvalue weighted by Gasteiger charge is 2.09. The quantitative estimate of drug-likeness (QED) is 0.530. The number of rotatable bonds is 3. The molecule has 0 atom stereocenters. The number of anilines is 1. The molecule has 2 N–H and O–H groups in total. The Balaban J connectivity index is 3.17. The molecule has 0 aromatic heterocycles. The van der Waals surface area contributed by atoms with Gasteiger partial charge < -0.3 is 10.5 Å². The number of Topliss-reactive ketones (excluding diaryl/α,β-unsaturated/α-hetero) is 1. The van der Waals surface area contributed by atoms with Crippen LogP contribution in [0.3, 0.4) is 0 Å². The van der Waals surface area contributed by atoms with Crippen LogP contribution in [0.2, 0.25) is 0 Å². The number of ketones is 1. The molecule has 0 aliphatic carbocycles. The third kappa shape index (κ3) is 2.37. The monoisotopic (exact) mass is 305 g/mol. The van der Waals surface area contributed by atoms with Gasteiger partial charge in [0.1, 0.15) is 5.75 Å². The maximum atomic E-state index is 11.2. The van der Waals surface area contributed by atoms with Crippen molar-refractivity contribution in [1.29, 1.82) is 0 Å². The number of nitrogen functional groups attached to an aromatic ring is 1. The molecule has 76 valence electrons. The number of hydrogen-bond acceptors (Lipinski definition) is 3. The van der Waals surface area contributed by atoms with Crippen LogP contribution in [-0.4, -0.2) is 12.4 Å². The minimum absolute atomic E-state index is 0.0177. The van der Waals surface area contributed by atoms with Crippen molar-refractivity contribution in [3.8, 4) is 5.75 Å². The van der Waals surface area contributed by atoms with Crippen LogP contribution in [0.1, 0.15) is 24.2 Å². The molecule has 4 heteroatoms. The van der Waals surface area contributed by atoms with Gasteiger partial charge in [-0.05, 0) is 48.6 Å². The first kappa shape index (κ1) is 11.3. The molecule has 0 radical (unpaired) electrons. The van der Waals surface area contributed by atoms with Crippen molar-refractivity contribution < 1.29 is 9.53 Å². The minimum atomic E-state index is 0.0177. The molecule has 3 nitrogen and oxygen atoms in total. The van der Waals surface area contributed by atoms with Crippen molar-refractivity contribution >= 4 is 34.1 Å². The molecule has 0 unspecified atom stereocenters. The molecule has 0 fully saturated rings. The number of ether oxygens (including phenoxy) is 1. The van der Waals surface area contributed by atoms with Crippen LogP contribution in [0.4, 0.5) is 5.69 Å². The molecule has 0 aliphatic rings. The number of hydrogen-bond donors (Lipinski definition) is 1. The standard InChI is InChI=1S/C10H12INO2/c1-3-14-10-5-8(11)7(6(2)13)4-9(10)12/h4-5H,3,12H2,1-2H3. The van der Waals surface area contributed by atoms with Crippen LogP contribution in [0, 0.1) is 3.57 Å². The number of carbonyl (C=O) groups excluding carboxylic acids is 1. The first-order valence-electron chi connectivity index (χ1n) is 4.29. The van der Waals surface area contributed by atoms with E-state index in [1.54, 1.807) is 12.1 Å². The molecule has 1 rings (SSSR count). The SMILES string of the molecule is CCOc1cc(I)c(C(C)=O)cc1N. The Morgan fingerprint density at radius 3 is 2.71 bits per heavy atom. The highest BCUT2D eigenvalue weighted by molar-refractivity contribution is 14.1. The first-order chi connectivity index (χ1) is 6.56. The molecule has 0 aliphatic heterocycles. The van der Waals surface area contributed by atoms with E-state index in [1.807, 2.05) is 6.92 Å². The van der Waals surface area contributed by atoms with E-state index in [0.717, 1.165) is 3.57 Å². The van der Waals surface area contributed by atoms with E-state index < -0.39 is 0 Å². The van der Waals surface area contributed by atoms with E-state index in [2.05, 4.69) is 22.6 Å².